The first-order valence-corrected chi connectivity index (χ1v) is 28.1. The van der Waals surface area contributed by atoms with Crippen LogP contribution in [0.1, 0.15) is 24.0 Å². The summed E-state index contributed by atoms with van der Waals surface area (Å²) in [5, 5.41) is 0. The molecular formula is C31H55N3OSi4Yb. The minimum atomic E-state index is -1.62. The number of ether oxygens (including phenoxy) is 1. The van der Waals surface area contributed by atoms with Crippen molar-refractivity contribution < 1.29 is 51.7 Å². The normalized spacial score (nSPS) is 14.7. The molecule has 40 heavy (non-hydrogen) atoms. The van der Waals surface area contributed by atoms with Gasteiger partial charge in [-0.1, -0.05) is 142 Å². The van der Waals surface area contributed by atoms with Gasteiger partial charge in [0, 0.05) is 13.2 Å². The Morgan fingerprint density at radius 3 is 1.38 bits per heavy atom. The Kier molecular flexibility index (Phi) is 18.6. The summed E-state index contributed by atoms with van der Waals surface area (Å²) in [6.07, 6.45) is 4.74. The smallest absolute Gasteiger partial charge is 0.687 e. The number of benzene rings is 2. The van der Waals surface area contributed by atoms with Gasteiger partial charge in [-0.3, -0.25) is 0 Å². The number of allylic oxidation sites excluding steroid dienone is 1. The third-order valence-corrected chi connectivity index (χ3v) is 12.0. The van der Waals surface area contributed by atoms with E-state index in [9.17, 15) is 0 Å². The van der Waals surface area contributed by atoms with Crippen molar-refractivity contribution in [2.75, 3.05) is 13.2 Å². The van der Waals surface area contributed by atoms with Gasteiger partial charge in [0.25, 0.3) is 0 Å². The molecule has 0 radical (unpaired) electrons. The molecule has 1 fully saturated rings. The van der Waals surface area contributed by atoms with Crippen molar-refractivity contribution in [3.63, 3.8) is 0 Å². The quantitative estimate of drug-likeness (QED) is 0.195. The van der Waals surface area contributed by atoms with Crippen LogP contribution >= 0.6 is 0 Å². The van der Waals surface area contributed by atoms with Gasteiger partial charge in [-0.25, -0.2) is 0 Å². The largest absolute Gasteiger partial charge is 2.00 e. The van der Waals surface area contributed by atoms with Gasteiger partial charge in [0.15, 0.2) is 8.24 Å². The molecular weight excluding hydrogens is 716 g/mol. The molecule has 0 aromatic heterocycles. The summed E-state index contributed by atoms with van der Waals surface area (Å²) in [5.41, 5.74) is 4.40. The van der Waals surface area contributed by atoms with E-state index in [0.29, 0.717) is 0 Å². The van der Waals surface area contributed by atoms with E-state index in [-0.39, 0.29) is 46.9 Å². The molecule has 3 rings (SSSR count). The molecule has 230 valence electrons. The van der Waals surface area contributed by atoms with Crippen molar-refractivity contribution in [3.8, 4) is 0 Å². The fourth-order valence-corrected chi connectivity index (χ4v) is 13.8. The third kappa shape index (κ3) is 21.6. The van der Waals surface area contributed by atoms with Crippen LogP contribution in [0.2, 0.25) is 78.6 Å². The van der Waals surface area contributed by atoms with Gasteiger partial charge in [-0.15, -0.1) is 5.70 Å². The van der Waals surface area contributed by atoms with E-state index in [4.69, 9.17) is 19.0 Å². The van der Waals surface area contributed by atoms with Gasteiger partial charge in [-0.05, 0) is 51.8 Å². The molecule has 0 N–H and O–H groups in total. The van der Waals surface area contributed by atoms with Crippen LogP contribution in [0.15, 0.2) is 71.4 Å². The van der Waals surface area contributed by atoms with E-state index in [1.54, 1.807) is 0 Å². The summed E-state index contributed by atoms with van der Waals surface area (Å²) in [6.45, 7) is 29.4. The average molecular weight is 771 g/mol. The molecule has 1 saturated heterocycles. The van der Waals surface area contributed by atoms with Crippen molar-refractivity contribution >= 4 is 44.4 Å². The zero-order valence-corrected chi connectivity index (χ0v) is 32.9. The molecule has 0 atom stereocenters. The van der Waals surface area contributed by atoms with E-state index < -0.39 is 32.9 Å². The van der Waals surface area contributed by atoms with Crippen LogP contribution in [0.3, 0.4) is 0 Å². The Hall–Kier alpha value is -0.0430. The van der Waals surface area contributed by atoms with Gasteiger partial charge in [0.2, 0.25) is 0 Å². The summed E-state index contributed by atoms with van der Waals surface area (Å²) in [7, 11) is -5.44. The Bertz CT molecular complexity index is 997. The number of nitrogens with zero attached hydrogens (tertiary/aromatic N) is 3. The van der Waals surface area contributed by atoms with Gasteiger partial charge in [-0.2, -0.15) is 0 Å². The summed E-state index contributed by atoms with van der Waals surface area (Å²) in [6, 6.07) is 20.9. The molecule has 1 aliphatic heterocycles. The van der Waals surface area contributed by atoms with Crippen LogP contribution in [0.25, 0.3) is 15.3 Å². The van der Waals surface area contributed by atoms with Crippen LogP contribution in [0.4, 0.5) is 0 Å². The first-order chi connectivity index (χ1) is 17.8. The maximum Gasteiger partial charge on any atom is 2.00 e. The predicted octanol–water partition coefficient (Wildman–Crippen LogP) is 10.4. The second-order valence-corrected chi connectivity index (χ2v) is 32.7. The van der Waals surface area contributed by atoms with Gasteiger partial charge in [0.05, 0.1) is 5.71 Å². The fraction of sp³-hybridized carbons (Fsp3) is 0.516. The second-order valence-electron chi connectivity index (χ2n) is 14.0. The summed E-state index contributed by atoms with van der Waals surface area (Å²) in [5.74, 6) is 0. The Morgan fingerprint density at radius 1 is 0.650 bits per heavy atom. The van der Waals surface area contributed by atoms with Gasteiger partial charge >= 0.3 is 46.9 Å². The monoisotopic (exact) mass is 771 g/mol. The van der Waals surface area contributed by atoms with Crippen molar-refractivity contribution in [2.45, 2.75) is 91.4 Å². The maximum absolute atomic E-state index is 5.11. The van der Waals surface area contributed by atoms with Gasteiger partial charge in [0.1, 0.15) is 0 Å². The van der Waals surface area contributed by atoms with E-state index in [1.807, 2.05) is 12.1 Å². The molecule has 2 aromatic rings. The number of hydrogen-bond donors (Lipinski definition) is 0. The van der Waals surface area contributed by atoms with E-state index in [2.05, 4.69) is 133 Å². The van der Waals surface area contributed by atoms with Crippen molar-refractivity contribution in [2.24, 2.45) is 4.66 Å². The van der Waals surface area contributed by atoms with Crippen molar-refractivity contribution in [1.82, 2.24) is 0 Å². The zero-order chi connectivity index (χ0) is 29.7. The number of hydrogen-bond acceptors (Lipinski definition) is 2. The average Bonchev–Trinajstić information content (AvgIpc) is 3.36. The summed E-state index contributed by atoms with van der Waals surface area (Å²) < 4.78 is 14.9. The zero-order valence-electron chi connectivity index (χ0n) is 27.2. The minimum absolute atomic E-state index is 0. The molecule has 0 amide bonds. The predicted molar refractivity (Wildman–Crippen MR) is 188 cm³/mol. The van der Waals surface area contributed by atoms with E-state index >= 15 is 0 Å². The minimum Gasteiger partial charge on any atom is -0.687 e. The van der Waals surface area contributed by atoms with Crippen LogP contribution in [0.5, 0.6) is 0 Å². The number of rotatable bonds is 8. The molecule has 0 spiro atoms. The third-order valence-electron chi connectivity index (χ3n) is 4.82. The van der Waals surface area contributed by atoms with Crippen LogP contribution in [0, 0.1) is 46.9 Å². The van der Waals surface area contributed by atoms with E-state index in [0.717, 1.165) is 35.7 Å². The van der Waals surface area contributed by atoms with Crippen LogP contribution in [-0.2, 0) is 4.74 Å². The summed E-state index contributed by atoms with van der Waals surface area (Å²) >= 11 is 0. The van der Waals surface area contributed by atoms with E-state index in [1.165, 1.54) is 12.8 Å². The van der Waals surface area contributed by atoms with Crippen molar-refractivity contribution in [3.05, 3.63) is 87.5 Å². The summed E-state index contributed by atoms with van der Waals surface area (Å²) in [4.78, 5) is 5.11. The van der Waals surface area contributed by atoms with Crippen LogP contribution in [-0.4, -0.2) is 51.9 Å². The first kappa shape index (κ1) is 40.0. The molecule has 1 aliphatic rings. The van der Waals surface area contributed by atoms with Crippen molar-refractivity contribution in [1.29, 1.82) is 0 Å². The topological polar surface area (TPSA) is 49.8 Å². The van der Waals surface area contributed by atoms with Gasteiger partial charge < -0.3 is 19.0 Å². The second kappa shape index (κ2) is 18.6. The fourth-order valence-electron chi connectivity index (χ4n) is 3.95. The Balaban J connectivity index is 0.000000832. The first-order valence-electron chi connectivity index (χ1n) is 14.3. The molecule has 0 aliphatic carbocycles. The Morgan fingerprint density at radius 2 is 1.07 bits per heavy atom. The maximum atomic E-state index is 5.11. The molecule has 0 saturated carbocycles. The molecule has 0 bridgehead atoms. The van der Waals surface area contributed by atoms with Crippen LogP contribution < -0.4 is 0 Å². The molecule has 4 nitrogen and oxygen atoms in total. The molecule has 0 unspecified atom stereocenters. The standard InChI is InChI=1S/C21H29N2Si2.C6H18NSi2.C4H8O.Yb/c1-24(2,3)22-20(18-13-9-7-10-14-18)17-21(23-25(4,5)6)19-15-11-8-12-16-19;1-8(2,3)7-9(4,5)6;1-2-4-5-3-1;/h7-17H,1-6H3;1-6H3;1-4H2;/q2*-1;;+2/b20-17-,23-21-;;;. The molecule has 9 heteroatoms. The molecule has 2 aromatic carbocycles. The SMILES string of the molecule is C1CCOC1.C[Si](C)(C)/N=C(/C=C(\[N-][Si](C)(C)C)c1ccccc1)c1ccccc1.C[Si](C)(C)[N-][Si](C)(C)C.[Yb+2]. The Labute approximate surface area is 289 Å². The molecule has 1 heterocycles.